The third kappa shape index (κ3) is 2.05. The van der Waals surface area contributed by atoms with Gasteiger partial charge in [-0.2, -0.15) is 0 Å². The average Bonchev–Trinajstić information content (AvgIpc) is 2.80. The zero-order valence-corrected chi connectivity index (χ0v) is 11.3. The summed E-state index contributed by atoms with van der Waals surface area (Å²) in [7, 11) is 0. The molecule has 1 aromatic heterocycles. The highest BCUT2D eigenvalue weighted by Crippen LogP contribution is 2.30. The zero-order chi connectivity index (χ0) is 14.2. The lowest BCUT2D eigenvalue weighted by Gasteiger charge is -2.25. The predicted octanol–water partition coefficient (Wildman–Crippen LogP) is 1.54. The third-order valence-corrected chi connectivity index (χ3v) is 3.97. The first-order valence-electron chi connectivity index (χ1n) is 6.59. The van der Waals surface area contributed by atoms with Crippen molar-refractivity contribution >= 4 is 22.4 Å². The second-order valence-corrected chi connectivity index (χ2v) is 5.40. The van der Waals surface area contributed by atoms with Gasteiger partial charge in [0.2, 0.25) is 5.91 Å². The predicted molar refractivity (Wildman–Crippen MR) is 77.3 cm³/mol. The molecule has 20 heavy (non-hydrogen) atoms. The van der Waals surface area contributed by atoms with Gasteiger partial charge < -0.3 is 15.8 Å². The van der Waals surface area contributed by atoms with Crippen LogP contribution >= 0.6 is 0 Å². The molecule has 0 spiro atoms. The normalized spacial score (nSPS) is 25.8. The lowest BCUT2D eigenvalue weighted by atomic mass is 9.84. The van der Waals surface area contributed by atoms with E-state index in [-0.39, 0.29) is 11.9 Å². The highest BCUT2D eigenvalue weighted by atomic mass is 16.5. The Balaban J connectivity index is 1.92. The largest absolute Gasteiger partial charge is 0.379 e. The molecule has 0 saturated carbocycles. The maximum atomic E-state index is 12.5. The van der Waals surface area contributed by atoms with Crippen molar-refractivity contribution in [3.63, 3.8) is 0 Å². The van der Waals surface area contributed by atoms with Crippen LogP contribution < -0.4 is 11.1 Å². The minimum atomic E-state index is -0.690. The molecule has 5 nitrogen and oxygen atoms in total. The molecule has 1 aromatic carbocycles. The molecular formula is C15H17N3O2. The topological polar surface area (TPSA) is 77.2 Å². The van der Waals surface area contributed by atoms with Gasteiger partial charge in [0.05, 0.1) is 24.3 Å². The molecule has 2 heterocycles. The lowest BCUT2D eigenvalue weighted by Crippen LogP contribution is -2.47. The average molecular weight is 271 g/mol. The minimum absolute atomic E-state index is 0.112. The Labute approximate surface area is 117 Å². The van der Waals surface area contributed by atoms with Crippen LogP contribution in [0.2, 0.25) is 0 Å². The molecule has 1 amide bonds. The van der Waals surface area contributed by atoms with E-state index >= 15 is 0 Å². The Morgan fingerprint density at radius 2 is 2.35 bits per heavy atom. The molecule has 1 aliphatic rings. The molecule has 5 heteroatoms. The van der Waals surface area contributed by atoms with Crippen molar-refractivity contribution in [1.82, 2.24) is 4.98 Å². The van der Waals surface area contributed by atoms with Crippen molar-refractivity contribution < 1.29 is 9.53 Å². The van der Waals surface area contributed by atoms with Crippen LogP contribution in [0.4, 0.5) is 5.69 Å². The van der Waals surface area contributed by atoms with E-state index in [0.29, 0.717) is 13.2 Å². The summed E-state index contributed by atoms with van der Waals surface area (Å²) in [6.45, 7) is 2.60. The Morgan fingerprint density at radius 1 is 1.50 bits per heavy atom. The number of carbonyl (C=O) groups is 1. The van der Waals surface area contributed by atoms with Gasteiger partial charge in [-0.05, 0) is 24.4 Å². The molecule has 1 fully saturated rings. The zero-order valence-electron chi connectivity index (χ0n) is 11.3. The number of benzene rings is 1. The van der Waals surface area contributed by atoms with Crippen molar-refractivity contribution in [3.8, 4) is 0 Å². The number of anilines is 1. The Bertz CT molecular complexity index is 653. The Kier molecular flexibility index (Phi) is 3.16. The SMILES string of the molecule is CC1(C(=O)Nc2cccc3ccncc23)COCC1N. The molecule has 0 radical (unpaired) electrons. The summed E-state index contributed by atoms with van der Waals surface area (Å²) in [6, 6.07) is 7.39. The fourth-order valence-electron chi connectivity index (χ4n) is 2.41. The molecule has 1 saturated heterocycles. The van der Waals surface area contributed by atoms with E-state index in [1.54, 1.807) is 12.4 Å². The third-order valence-electron chi connectivity index (χ3n) is 3.97. The number of hydrogen-bond acceptors (Lipinski definition) is 4. The highest BCUT2D eigenvalue weighted by molar-refractivity contribution is 6.04. The van der Waals surface area contributed by atoms with Crippen molar-refractivity contribution in [2.45, 2.75) is 13.0 Å². The molecule has 2 atom stereocenters. The summed E-state index contributed by atoms with van der Waals surface area (Å²) in [4.78, 5) is 16.6. The van der Waals surface area contributed by atoms with Crippen molar-refractivity contribution in [3.05, 3.63) is 36.7 Å². The first-order chi connectivity index (χ1) is 9.61. The van der Waals surface area contributed by atoms with Crippen LogP contribution in [0.1, 0.15) is 6.92 Å². The number of nitrogens with one attached hydrogen (secondary N) is 1. The molecule has 0 bridgehead atoms. The van der Waals surface area contributed by atoms with Crippen LogP contribution in [0.25, 0.3) is 10.8 Å². The van der Waals surface area contributed by atoms with E-state index in [1.165, 1.54) is 0 Å². The van der Waals surface area contributed by atoms with Gasteiger partial charge in [-0.3, -0.25) is 9.78 Å². The second kappa shape index (κ2) is 4.85. The van der Waals surface area contributed by atoms with Gasteiger partial charge >= 0.3 is 0 Å². The molecule has 0 aliphatic carbocycles. The molecule has 104 valence electrons. The molecule has 2 aromatic rings. The molecule has 2 unspecified atom stereocenters. The maximum absolute atomic E-state index is 12.5. The molecule has 1 aliphatic heterocycles. The van der Waals surface area contributed by atoms with Crippen LogP contribution in [0, 0.1) is 5.41 Å². The van der Waals surface area contributed by atoms with E-state index in [4.69, 9.17) is 10.5 Å². The number of fused-ring (bicyclic) bond motifs is 1. The standard InChI is InChI=1S/C15H17N3O2/c1-15(9-20-8-13(15)16)14(19)18-12-4-2-3-10-5-6-17-7-11(10)12/h2-7,13H,8-9,16H2,1H3,(H,18,19). The van der Waals surface area contributed by atoms with E-state index in [9.17, 15) is 4.79 Å². The summed E-state index contributed by atoms with van der Waals surface area (Å²) in [6.07, 6.45) is 3.48. The van der Waals surface area contributed by atoms with Crippen molar-refractivity contribution in [2.75, 3.05) is 18.5 Å². The number of nitrogens with two attached hydrogens (primary N) is 1. The quantitative estimate of drug-likeness (QED) is 0.868. The Morgan fingerprint density at radius 3 is 3.10 bits per heavy atom. The number of amides is 1. The molecular weight excluding hydrogens is 254 g/mol. The van der Waals surface area contributed by atoms with Crippen LogP contribution in [0.15, 0.2) is 36.7 Å². The number of pyridine rings is 1. The van der Waals surface area contributed by atoms with Gasteiger partial charge in [0, 0.05) is 23.8 Å². The van der Waals surface area contributed by atoms with E-state index in [1.807, 2.05) is 31.2 Å². The van der Waals surface area contributed by atoms with Crippen LogP contribution in [0.5, 0.6) is 0 Å². The summed E-state index contributed by atoms with van der Waals surface area (Å²) < 4.78 is 5.32. The summed E-state index contributed by atoms with van der Waals surface area (Å²) >= 11 is 0. The summed E-state index contributed by atoms with van der Waals surface area (Å²) in [5.41, 5.74) is 6.04. The first kappa shape index (κ1) is 13.0. The molecule has 3 rings (SSSR count). The van der Waals surface area contributed by atoms with E-state index in [0.717, 1.165) is 16.5 Å². The number of carbonyl (C=O) groups excluding carboxylic acids is 1. The minimum Gasteiger partial charge on any atom is -0.379 e. The monoisotopic (exact) mass is 271 g/mol. The van der Waals surface area contributed by atoms with Crippen molar-refractivity contribution in [2.24, 2.45) is 11.1 Å². The fourth-order valence-corrected chi connectivity index (χ4v) is 2.41. The number of aromatic nitrogens is 1. The van der Waals surface area contributed by atoms with E-state index < -0.39 is 5.41 Å². The van der Waals surface area contributed by atoms with Crippen LogP contribution in [-0.2, 0) is 9.53 Å². The molecule has 3 N–H and O–H groups in total. The fraction of sp³-hybridized carbons (Fsp3) is 0.333. The van der Waals surface area contributed by atoms with Gasteiger partial charge in [0.15, 0.2) is 0 Å². The van der Waals surface area contributed by atoms with Gasteiger partial charge in [-0.25, -0.2) is 0 Å². The van der Waals surface area contributed by atoms with Gasteiger partial charge in [0.1, 0.15) is 0 Å². The smallest absolute Gasteiger partial charge is 0.234 e. The van der Waals surface area contributed by atoms with Crippen LogP contribution in [0.3, 0.4) is 0 Å². The lowest BCUT2D eigenvalue weighted by molar-refractivity contribution is -0.125. The number of hydrogen-bond donors (Lipinski definition) is 2. The Hall–Kier alpha value is -1.98. The number of ether oxygens (including phenoxy) is 1. The highest BCUT2D eigenvalue weighted by Gasteiger charge is 2.44. The van der Waals surface area contributed by atoms with Crippen LogP contribution in [-0.4, -0.2) is 30.1 Å². The first-order valence-corrected chi connectivity index (χ1v) is 6.59. The van der Waals surface area contributed by atoms with E-state index in [2.05, 4.69) is 10.3 Å². The van der Waals surface area contributed by atoms with Crippen molar-refractivity contribution in [1.29, 1.82) is 0 Å². The number of nitrogens with zero attached hydrogens (tertiary/aromatic N) is 1. The van der Waals surface area contributed by atoms with Gasteiger partial charge in [-0.1, -0.05) is 12.1 Å². The summed E-state index contributed by atoms with van der Waals surface area (Å²) in [5.74, 6) is -0.112. The number of rotatable bonds is 2. The second-order valence-electron chi connectivity index (χ2n) is 5.40. The maximum Gasteiger partial charge on any atom is 0.234 e. The summed E-state index contributed by atoms with van der Waals surface area (Å²) in [5, 5.41) is 4.91. The van der Waals surface area contributed by atoms with Gasteiger partial charge in [0.25, 0.3) is 0 Å². The van der Waals surface area contributed by atoms with Gasteiger partial charge in [-0.15, -0.1) is 0 Å².